The molecule has 0 saturated heterocycles. The standard InChI is InChI=1S/C18H16Si.2C5H5.Zr/c1-19(2)17(13-15-9-5-3-6-10-15)14-18(19)16-11-7-4-8-12-16;2*1-2-4-5-3-1;/h3-12H,1-2H3;2*1-5H;/q-2;;;+2. The first-order valence-corrected chi connectivity index (χ1v) is 12.9. The fourth-order valence-electron chi connectivity index (χ4n) is 3.03. The minimum Gasteiger partial charge on any atom is -0.282 e. The second-order valence-electron chi connectivity index (χ2n) is 7.28. The second-order valence-corrected chi connectivity index (χ2v) is 11.5. The van der Waals surface area contributed by atoms with E-state index in [4.69, 9.17) is 0 Å². The van der Waals surface area contributed by atoms with E-state index in [-0.39, 0.29) is 26.2 Å². The van der Waals surface area contributed by atoms with Crippen LogP contribution in [0.15, 0.2) is 65.9 Å². The van der Waals surface area contributed by atoms with Gasteiger partial charge in [-0.2, -0.15) is 0 Å². The molecule has 0 amide bonds. The molecular formula is C28H26SiZr. The van der Waals surface area contributed by atoms with E-state index in [1.165, 1.54) is 16.0 Å². The molecule has 0 nitrogen and oxygen atoms in total. The third kappa shape index (κ3) is 7.61. The van der Waals surface area contributed by atoms with Crippen LogP contribution in [0.1, 0.15) is 11.1 Å². The van der Waals surface area contributed by atoms with Gasteiger partial charge in [0.25, 0.3) is 0 Å². The predicted molar refractivity (Wildman–Crippen MR) is 126 cm³/mol. The monoisotopic (exact) mass is 480 g/mol. The average Bonchev–Trinajstić information content (AvgIpc) is 3.51. The number of benzene rings is 2. The van der Waals surface area contributed by atoms with E-state index in [9.17, 15) is 0 Å². The van der Waals surface area contributed by atoms with Gasteiger partial charge in [0, 0.05) is 0 Å². The summed E-state index contributed by atoms with van der Waals surface area (Å²) >= 11 is 0. The van der Waals surface area contributed by atoms with E-state index in [2.05, 4.69) is 79.8 Å². The molecular weight excluding hydrogens is 456 g/mol. The van der Waals surface area contributed by atoms with Crippen molar-refractivity contribution in [3.63, 3.8) is 0 Å². The summed E-state index contributed by atoms with van der Waals surface area (Å²) in [5.74, 6) is 0. The summed E-state index contributed by atoms with van der Waals surface area (Å²) in [6.45, 7) is 4.74. The molecule has 5 rings (SSSR count). The molecule has 30 heavy (non-hydrogen) atoms. The van der Waals surface area contributed by atoms with Gasteiger partial charge in [0.15, 0.2) is 0 Å². The van der Waals surface area contributed by atoms with E-state index in [1.54, 1.807) is 0 Å². The summed E-state index contributed by atoms with van der Waals surface area (Å²) < 4.78 is 0. The second kappa shape index (κ2) is 13.4. The van der Waals surface area contributed by atoms with Crippen molar-refractivity contribution in [1.29, 1.82) is 0 Å². The van der Waals surface area contributed by atoms with Crippen molar-refractivity contribution < 1.29 is 26.2 Å². The third-order valence-corrected chi connectivity index (χ3v) is 7.88. The normalized spacial score (nSPS) is 19.9. The zero-order valence-corrected chi connectivity index (χ0v) is 21.0. The number of allylic oxidation sites excluding steroid dienone is 2. The third-order valence-electron chi connectivity index (χ3n) is 4.72. The van der Waals surface area contributed by atoms with Gasteiger partial charge >= 0.3 is 26.2 Å². The minimum atomic E-state index is -1.52. The Morgan fingerprint density at radius 1 is 0.600 bits per heavy atom. The summed E-state index contributed by atoms with van der Waals surface area (Å²) in [4.78, 5) is 0. The van der Waals surface area contributed by atoms with Gasteiger partial charge in [0.1, 0.15) is 0 Å². The SMILES string of the molecule is C[Si]1(C)C(=[C-]c2ccccc2)[C-]=C1c1ccccc1.[CH]1[CH][CH][CH][CH]1.[CH]1[CH][CH][CH][CH]1.[Zr+2]. The van der Waals surface area contributed by atoms with Crippen molar-refractivity contribution in [1.82, 2.24) is 0 Å². The number of hydrogen-bond donors (Lipinski definition) is 0. The van der Waals surface area contributed by atoms with Gasteiger partial charge in [-0.3, -0.25) is 17.7 Å². The summed E-state index contributed by atoms with van der Waals surface area (Å²) in [7, 11) is -1.52. The first-order chi connectivity index (χ1) is 14.2. The van der Waals surface area contributed by atoms with E-state index >= 15 is 0 Å². The summed E-state index contributed by atoms with van der Waals surface area (Å²) in [5.41, 5.74) is 2.47. The molecule has 0 spiro atoms. The van der Waals surface area contributed by atoms with Crippen LogP contribution in [0.3, 0.4) is 0 Å². The van der Waals surface area contributed by atoms with Gasteiger partial charge in [-0.05, 0) is 69.8 Å². The van der Waals surface area contributed by atoms with Crippen molar-refractivity contribution in [2.75, 3.05) is 0 Å². The van der Waals surface area contributed by atoms with E-state index in [1.807, 2.05) is 70.3 Å². The van der Waals surface area contributed by atoms with Crippen LogP contribution in [-0.4, -0.2) is 8.07 Å². The Hall–Kier alpha value is -0.980. The van der Waals surface area contributed by atoms with Crippen molar-refractivity contribution in [2.45, 2.75) is 13.1 Å². The van der Waals surface area contributed by atoms with Gasteiger partial charge < -0.3 is 0 Å². The quantitative estimate of drug-likeness (QED) is 0.340. The Bertz CT molecular complexity index is 757. The Kier molecular flexibility index (Phi) is 11.3. The Labute approximate surface area is 205 Å². The van der Waals surface area contributed by atoms with Crippen LogP contribution in [0.2, 0.25) is 13.1 Å². The van der Waals surface area contributed by atoms with E-state index in [0.717, 1.165) is 5.56 Å². The first kappa shape index (κ1) is 25.3. The molecule has 2 aliphatic carbocycles. The van der Waals surface area contributed by atoms with Crippen LogP contribution >= 0.6 is 0 Å². The maximum atomic E-state index is 3.52. The Balaban J connectivity index is 0.000000239. The molecule has 0 aromatic heterocycles. The molecule has 2 aromatic carbocycles. The van der Waals surface area contributed by atoms with E-state index < -0.39 is 8.07 Å². The molecule has 0 bridgehead atoms. The first-order valence-electron chi connectivity index (χ1n) is 9.90. The summed E-state index contributed by atoms with van der Waals surface area (Å²) in [5, 5.41) is 2.70. The van der Waals surface area contributed by atoms with Crippen LogP contribution in [-0.2, 0) is 26.2 Å². The van der Waals surface area contributed by atoms with E-state index in [0.29, 0.717) is 0 Å². The van der Waals surface area contributed by atoms with Crippen molar-refractivity contribution >= 4 is 13.3 Å². The molecule has 1 heterocycles. The van der Waals surface area contributed by atoms with Crippen molar-refractivity contribution in [2.24, 2.45) is 0 Å². The molecule has 146 valence electrons. The molecule has 3 aliphatic rings. The molecule has 2 saturated carbocycles. The van der Waals surface area contributed by atoms with Crippen LogP contribution < -0.4 is 0 Å². The molecule has 2 heteroatoms. The zero-order valence-electron chi connectivity index (χ0n) is 17.5. The average molecular weight is 482 g/mol. The topological polar surface area (TPSA) is 0 Å². The molecule has 0 atom stereocenters. The number of rotatable bonds is 2. The Morgan fingerprint density at radius 3 is 1.40 bits per heavy atom. The molecule has 10 radical (unpaired) electrons. The molecule has 0 unspecified atom stereocenters. The van der Waals surface area contributed by atoms with Gasteiger partial charge in [-0.1, -0.05) is 49.5 Å². The fourth-order valence-corrected chi connectivity index (χ4v) is 5.32. The minimum absolute atomic E-state index is 0. The van der Waals surface area contributed by atoms with Crippen molar-refractivity contribution in [3.05, 3.63) is 153 Å². The van der Waals surface area contributed by atoms with Crippen molar-refractivity contribution in [3.8, 4) is 0 Å². The van der Waals surface area contributed by atoms with Gasteiger partial charge in [0.2, 0.25) is 0 Å². The number of hydrogen-bond acceptors (Lipinski definition) is 0. The van der Waals surface area contributed by atoms with Gasteiger partial charge in [-0.15, -0.1) is 17.3 Å². The maximum absolute atomic E-state index is 3.52. The predicted octanol–water partition coefficient (Wildman–Crippen LogP) is 6.49. The van der Waals surface area contributed by atoms with Crippen LogP contribution in [0, 0.1) is 76.4 Å². The van der Waals surface area contributed by atoms with Crippen LogP contribution in [0.25, 0.3) is 5.20 Å². The largest absolute Gasteiger partial charge is 2.00 e. The van der Waals surface area contributed by atoms with Gasteiger partial charge in [0.05, 0.1) is 8.07 Å². The summed E-state index contributed by atoms with van der Waals surface area (Å²) in [6.07, 6.45) is 27.0. The molecule has 2 fully saturated rings. The van der Waals surface area contributed by atoms with Gasteiger partial charge in [-0.25, -0.2) is 17.3 Å². The zero-order chi connectivity index (χ0) is 20.4. The summed E-state index contributed by atoms with van der Waals surface area (Å²) in [6, 6.07) is 20.9. The molecule has 0 N–H and O–H groups in total. The maximum Gasteiger partial charge on any atom is 2.00 e. The Morgan fingerprint density at radius 2 is 1.00 bits per heavy atom. The van der Waals surface area contributed by atoms with Crippen LogP contribution in [0.5, 0.6) is 0 Å². The molecule has 1 aliphatic heterocycles. The fraction of sp³-hybridized carbons (Fsp3) is 0.0714. The molecule has 2 aromatic rings. The smallest absolute Gasteiger partial charge is 0.282 e. The van der Waals surface area contributed by atoms with Crippen LogP contribution in [0.4, 0.5) is 0 Å².